The minimum Gasteiger partial charge on any atom is -0.105 e. The summed E-state index contributed by atoms with van der Waals surface area (Å²) in [5.41, 5.74) is 38.2. The molecule has 0 saturated heterocycles. The highest BCUT2D eigenvalue weighted by molar-refractivity contribution is 7.87. The second-order valence-corrected chi connectivity index (χ2v) is 24.2. The van der Waals surface area contributed by atoms with E-state index >= 15 is 0 Å². The summed E-state index contributed by atoms with van der Waals surface area (Å²) in [6.45, 7) is 42.5. The Balaban J connectivity index is 2.01. The molecule has 0 aliphatic carbocycles. The Hall–Kier alpha value is -3.19. The van der Waals surface area contributed by atoms with Gasteiger partial charge >= 0.3 is 0 Å². The van der Waals surface area contributed by atoms with Crippen LogP contribution in [0.1, 0.15) is 94.6 Å². The molecule has 0 atom stereocenters. The average molecular weight is 894 g/mol. The Kier molecular flexibility index (Phi) is 15.3. The van der Waals surface area contributed by atoms with Crippen molar-refractivity contribution in [3.63, 3.8) is 0 Å². The van der Waals surface area contributed by atoms with Crippen LogP contribution < -0.4 is 27.3 Å². The molecule has 0 saturated carbocycles. The molecule has 336 valence electrons. The molecule has 70 heavy (non-hydrogen) atoms. The fourth-order valence-corrected chi connectivity index (χ4v) is 14.5. The van der Waals surface area contributed by atoms with Crippen LogP contribution in [0.3, 0.4) is 0 Å². The standard InChI is InChI=1S/C51H75B19/c1-18-20(3)27(10)37-35(24(18)7)26(9)22(5)29(12)39(37)43-38-28(11)21(4)19(2)25(8)36(38)34(17)42-40(43)30(13)23(6)31(14)41(42)44-45-46(47(52)48(63-53)51(44)65(55)56)50(67(69(60)61)70(62)64-54)33(16)32(15)49(45)66(57)68(58)59/h63-64H,52-62H2,1-17H3. The van der Waals surface area contributed by atoms with Crippen LogP contribution in [0.2, 0.25) is 0 Å². The van der Waals surface area contributed by atoms with E-state index in [0.29, 0.717) is 38.6 Å². The van der Waals surface area contributed by atoms with E-state index in [1.165, 1.54) is 162 Å². The van der Waals surface area contributed by atoms with Gasteiger partial charge in [0.05, 0.1) is 90.4 Å². The molecule has 0 radical (unpaired) electrons. The molecular weight excluding hydrogens is 818 g/mol. The van der Waals surface area contributed by atoms with Gasteiger partial charge in [0.15, 0.2) is 0 Å². The van der Waals surface area contributed by atoms with Crippen molar-refractivity contribution >= 4 is 208 Å². The molecule has 7 aromatic rings. The zero-order valence-electron chi connectivity index (χ0n) is 49.9. The summed E-state index contributed by atoms with van der Waals surface area (Å²) in [7, 11) is 29.6. The van der Waals surface area contributed by atoms with Crippen molar-refractivity contribution < 1.29 is 0 Å². The summed E-state index contributed by atoms with van der Waals surface area (Å²) in [6, 6.07) is 0. The smallest absolute Gasteiger partial charge is 0.105 e. The maximum absolute atomic E-state index is 2.54. The molecule has 7 rings (SSSR count). The maximum atomic E-state index is 2.54. The molecule has 0 aliphatic rings. The summed E-state index contributed by atoms with van der Waals surface area (Å²) in [4.78, 5) is 0. The second kappa shape index (κ2) is 19.6. The van der Waals surface area contributed by atoms with Crippen molar-refractivity contribution in [1.82, 2.24) is 0 Å². The van der Waals surface area contributed by atoms with Crippen molar-refractivity contribution in [2.75, 3.05) is 0 Å². The minimum atomic E-state index is 0.323. The third kappa shape index (κ3) is 7.73. The van der Waals surface area contributed by atoms with Crippen LogP contribution in [0.25, 0.3) is 65.3 Å². The first kappa shape index (κ1) is 54.6. The predicted molar refractivity (Wildman–Crippen MR) is 369 cm³/mol. The quantitative estimate of drug-likeness (QED) is 0.102. The Morgan fingerprint density at radius 3 is 1.07 bits per heavy atom. The molecular formula is C51H75B19. The number of hydrogen-bond donors (Lipinski definition) is 0. The highest BCUT2D eigenvalue weighted by Gasteiger charge is 2.37. The monoisotopic (exact) mass is 897 g/mol. The number of aryl methyl sites for hydroxylation is 7. The van der Waals surface area contributed by atoms with E-state index in [1.807, 2.05) is 0 Å². The van der Waals surface area contributed by atoms with E-state index in [0.717, 1.165) is 7.17 Å². The van der Waals surface area contributed by atoms with Crippen LogP contribution in [0.15, 0.2) is 0 Å². The fraction of sp³-hybridized carbons (Fsp3) is 0.333. The number of benzene rings is 7. The van der Waals surface area contributed by atoms with E-state index in [4.69, 9.17) is 0 Å². The first-order chi connectivity index (χ1) is 32.6. The van der Waals surface area contributed by atoms with Gasteiger partial charge in [0.1, 0.15) is 21.5 Å². The Morgan fingerprint density at radius 1 is 0.314 bits per heavy atom. The van der Waals surface area contributed by atoms with Gasteiger partial charge in [-0.15, -0.1) is 5.46 Å². The van der Waals surface area contributed by atoms with Gasteiger partial charge in [-0.1, -0.05) is 33.0 Å². The van der Waals surface area contributed by atoms with Gasteiger partial charge in [0.2, 0.25) is 0 Å². The molecule has 0 spiro atoms. The van der Waals surface area contributed by atoms with Crippen molar-refractivity contribution in [1.29, 1.82) is 0 Å². The van der Waals surface area contributed by atoms with Crippen molar-refractivity contribution in [3.8, 4) is 22.3 Å². The Bertz CT molecular complexity index is 3400. The lowest BCUT2D eigenvalue weighted by Gasteiger charge is -2.36. The first-order valence-corrected chi connectivity index (χ1v) is 27.7. The number of rotatable bonds is 10. The minimum absolute atomic E-state index is 0.323. The summed E-state index contributed by atoms with van der Waals surface area (Å²) in [5, 5.41) is 11.9. The normalized spacial score (nSPS) is 11.6. The molecule has 7 aromatic carbocycles. The van der Waals surface area contributed by atoms with Crippen LogP contribution in [-0.2, 0) is 0 Å². The third-order valence-corrected chi connectivity index (χ3v) is 20.2. The molecule has 0 aromatic heterocycles. The van der Waals surface area contributed by atoms with Gasteiger partial charge in [-0.2, -0.15) is 0 Å². The van der Waals surface area contributed by atoms with Crippen LogP contribution in [0, 0.1) is 118 Å². The topological polar surface area (TPSA) is 0 Å². The lowest BCUT2D eigenvalue weighted by molar-refractivity contribution is 1.22. The van der Waals surface area contributed by atoms with Gasteiger partial charge in [0.25, 0.3) is 0 Å². The molecule has 0 fully saturated rings. The molecule has 0 N–H and O–H groups in total. The zero-order chi connectivity index (χ0) is 52.5. The lowest BCUT2D eigenvalue weighted by Crippen LogP contribution is -2.64. The highest BCUT2D eigenvalue weighted by atomic mass is 14.3. The molecule has 0 nitrogen and oxygen atoms in total. The maximum Gasteiger partial charge on any atom is 0.139 e. The van der Waals surface area contributed by atoms with Crippen LogP contribution in [-0.4, -0.2) is 138 Å². The summed E-state index contributed by atoms with van der Waals surface area (Å²) in [6.07, 6.45) is 1.55. The summed E-state index contributed by atoms with van der Waals surface area (Å²) in [5.74, 6) is 0. The Labute approximate surface area is 440 Å². The van der Waals surface area contributed by atoms with Crippen molar-refractivity contribution in [2.24, 2.45) is 0 Å². The van der Waals surface area contributed by atoms with E-state index < -0.39 is 0 Å². The molecule has 0 amide bonds. The van der Waals surface area contributed by atoms with E-state index in [9.17, 15) is 0 Å². The average Bonchev–Trinajstić information content (AvgIpc) is 3.31. The zero-order valence-corrected chi connectivity index (χ0v) is 49.9. The summed E-state index contributed by atoms with van der Waals surface area (Å²) < 4.78 is 0. The SMILES string of the molecule is BBB(B)B(B(B)B)c1c(C)c(C)c(B(B)B(B)B)c2c(-c3c(C)c(C)c(C)c4c(-c5c(C)c(C)c(C)c6c(C)c(C)c(C)c(C)c56)c5c(C)c(C)c(C)c(C)c5c(C)c34)c(B(B)B)c(BB)c(B)c12. The Morgan fingerprint density at radius 2 is 0.671 bits per heavy atom. The third-order valence-electron chi connectivity index (χ3n) is 20.2. The number of hydrogen-bond acceptors (Lipinski definition) is 0. The van der Waals surface area contributed by atoms with Crippen molar-refractivity contribution in [2.45, 2.75) is 118 Å². The second-order valence-electron chi connectivity index (χ2n) is 24.2. The molecule has 0 aliphatic heterocycles. The van der Waals surface area contributed by atoms with Crippen LogP contribution >= 0.6 is 0 Å². The van der Waals surface area contributed by atoms with Crippen LogP contribution in [0.5, 0.6) is 0 Å². The first-order valence-electron chi connectivity index (χ1n) is 27.7. The molecule has 0 unspecified atom stereocenters. The molecule has 0 heterocycles. The molecule has 0 bridgehead atoms. The molecule has 19 heteroatoms. The van der Waals surface area contributed by atoms with Crippen molar-refractivity contribution in [3.05, 3.63) is 94.6 Å². The van der Waals surface area contributed by atoms with Gasteiger partial charge in [-0.3, -0.25) is 0 Å². The van der Waals surface area contributed by atoms with Crippen LogP contribution in [0.4, 0.5) is 0 Å². The predicted octanol–water partition coefficient (Wildman–Crippen LogP) is -2.91. The van der Waals surface area contributed by atoms with Gasteiger partial charge in [0, 0.05) is 26.2 Å². The van der Waals surface area contributed by atoms with E-state index in [-0.39, 0.29) is 0 Å². The number of fused-ring (bicyclic) bond motifs is 4. The van der Waals surface area contributed by atoms with Gasteiger partial charge in [-0.05, 0) is 266 Å². The fourth-order valence-electron chi connectivity index (χ4n) is 14.5. The van der Waals surface area contributed by atoms with E-state index in [1.54, 1.807) is 32.6 Å². The largest absolute Gasteiger partial charge is 0.139 e. The van der Waals surface area contributed by atoms with E-state index in [2.05, 4.69) is 203 Å². The van der Waals surface area contributed by atoms with Gasteiger partial charge < -0.3 is 0 Å². The summed E-state index contributed by atoms with van der Waals surface area (Å²) >= 11 is 0. The lowest BCUT2D eigenvalue weighted by atomic mass is 8.68. The highest BCUT2D eigenvalue weighted by Crippen LogP contribution is 2.53. The van der Waals surface area contributed by atoms with Gasteiger partial charge in [-0.25, -0.2) is 0 Å².